The molecular formula is C10H13Cl2N3. The molecule has 0 bridgehead atoms. The van der Waals surface area contributed by atoms with Gasteiger partial charge in [-0.25, -0.2) is 9.97 Å². The molecule has 1 rings (SSSR count). The van der Waals surface area contributed by atoms with Crippen LogP contribution < -0.4 is 5.32 Å². The Kier molecular flexibility index (Phi) is 4.36. The van der Waals surface area contributed by atoms with Gasteiger partial charge in [-0.15, -0.1) is 0 Å². The minimum atomic E-state index is 0.471. The lowest BCUT2D eigenvalue weighted by molar-refractivity contribution is 0.928. The average molecular weight is 246 g/mol. The van der Waals surface area contributed by atoms with E-state index >= 15 is 0 Å². The van der Waals surface area contributed by atoms with Gasteiger partial charge in [0.1, 0.15) is 16.8 Å². The smallest absolute Gasteiger partial charge is 0.137 e. The minimum absolute atomic E-state index is 0.471. The first kappa shape index (κ1) is 12.3. The van der Waals surface area contributed by atoms with E-state index in [1.54, 1.807) is 0 Å². The van der Waals surface area contributed by atoms with Gasteiger partial charge in [0.05, 0.1) is 6.54 Å². The highest BCUT2D eigenvalue weighted by Gasteiger charge is 2.07. The summed E-state index contributed by atoms with van der Waals surface area (Å²) in [5.41, 5.74) is 0.826. The third-order valence-electron chi connectivity index (χ3n) is 1.90. The number of nitrogens with zero attached hydrogens (tertiary/aromatic N) is 2. The summed E-state index contributed by atoms with van der Waals surface area (Å²) in [6, 6.07) is 0. The molecule has 0 unspecified atom stereocenters. The summed E-state index contributed by atoms with van der Waals surface area (Å²) in [4.78, 5) is 8.46. The maximum atomic E-state index is 5.97. The summed E-state index contributed by atoms with van der Waals surface area (Å²) >= 11 is 11.6. The van der Waals surface area contributed by atoms with Crippen LogP contribution in [0.3, 0.4) is 0 Å². The Balaban J connectivity index is 2.94. The number of hydrogen-bond donors (Lipinski definition) is 1. The molecule has 0 fully saturated rings. The van der Waals surface area contributed by atoms with Gasteiger partial charge < -0.3 is 5.32 Å². The minimum Gasteiger partial charge on any atom is -0.365 e. The van der Waals surface area contributed by atoms with Gasteiger partial charge in [0.15, 0.2) is 0 Å². The van der Waals surface area contributed by atoms with E-state index in [-0.39, 0.29) is 0 Å². The predicted octanol–water partition coefficient (Wildman–Crippen LogP) is 3.17. The van der Waals surface area contributed by atoms with Crippen LogP contribution in [-0.2, 0) is 6.42 Å². The molecule has 0 saturated carbocycles. The standard InChI is InChI=1S/C10H13Cl2N3/c1-4-8-14-9(12)7(3)10(15-8)13-5-6(2)11/h2,4-5H2,1,3H3,(H,13,14,15). The van der Waals surface area contributed by atoms with E-state index in [0.29, 0.717) is 28.4 Å². The Morgan fingerprint density at radius 2 is 2.13 bits per heavy atom. The van der Waals surface area contributed by atoms with Crippen molar-refractivity contribution in [1.29, 1.82) is 0 Å². The number of anilines is 1. The molecule has 1 aromatic rings. The van der Waals surface area contributed by atoms with Crippen LogP contribution >= 0.6 is 23.2 Å². The second-order valence-electron chi connectivity index (χ2n) is 3.13. The van der Waals surface area contributed by atoms with Crippen LogP contribution in [0.1, 0.15) is 18.3 Å². The van der Waals surface area contributed by atoms with E-state index in [9.17, 15) is 0 Å². The molecular weight excluding hydrogens is 233 g/mol. The molecule has 0 aliphatic heterocycles. The van der Waals surface area contributed by atoms with Gasteiger partial charge in [0.2, 0.25) is 0 Å². The molecule has 15 heavy (non-hydrogen) atoms. The monoisotopic (exact) mass is 245 g/mol. The quantitative estimate of drug-likeness (QED) is 0.829. The maximum Gasteiger partial charge on any atom is 0.137 e. The fourth-order valence-corrected chi connectivity index (χ4v) is 1.30. The summed E-state index contributed by atoms with van der Waals surface area (Å²) in [7, 11) is 0. The van der Waals surface area contributed by atoms with E-state index in [0.717, 1.165) is 12.0 Å². The second kappa shape index (κ2) is 5.33. The molecule has 0 radical (unpaired) electrons. The molecule has 5 heteroatoms. The third kappa shape index (κ3) is 3.36. The average Bonchev–Trinajstić information content (AvgIpc) is 2.19. The van der Waals surface area contributed by atoms with E-state index < -0.39 is 0 Å². The highest BCUT2D eigenvalue weighted by atomic mass is 35.5. The Morgan fingerprint density at radius 3 is 2.67 bits per heavy atom. The first-order valence-electron chi connectivity index (χ1n) is 4.64. The first-order chi connectivity index (χ1) is 7.04. The number of aromatic nitrogens is 2. The van der Waals surface area contributed by atoms with Crippen LogP contribution in [0, 0.1) is 6.92 Å². The molecule has 1 aromatic heterocycles. The van der Waals surface area contributed by atoms with Crippen LogP contribution in [0.5, 0.6) is 0 Å². The lowest BCUT2D eigenvalue weighted by Crippen LogP contribution is -2.08. The Labute approximate surface area is 99.5 Å². The van der Waals surface area contributed by atoms with Crippen LogP contribution in [0.4, 0.5) is 5.82 Å². The van der Waals surface area contributed by atoms with Gasteiger partial charge in [0, 0.05) is 17.0 Å². The zero-order valence-electron chi connectivity index (χ0n) is 8.77. The van der Waals surface area contributed by atoms with Crippen LogP contribution in [0.25, 0.3) is 0 Å². The van der Waals surface area contributed by atoms with Crippen molar-refractivity contribution in [1.82, 2.24) is 9.97 Å². The summed E-state index contributed by atoms with van der Waals surface area (Å²) in [5.74, 6) is 1.43. The summed E-state index contributed by atoms with van der Waals surface area (Å²) in [6.45, 7) is 7.90. The Bertz CT molecular complexity index is 377. The van der Waals surface area contributed by atoms with Crippen molar-refractivity contribution >= 4 is 29.0 Å². The van der Waals surface area contributed by atoms with Gasteiger partial charge in [-0.05, 0) is 6.92 Å². The zero-order valence-corrected chi connectivity index (χ0v) is 10.3. The van der Waals surface area contributed by atoms with Crippen molar-refractivity contribution in [3.63, 3.8) is 0 Å². The number of nitrogens with one attached hydrogen (secondary N) is 1. The molecule has 0 atom stereocenters. The fourth-order valence-electron chi connectivity index (χ4n) is 1.04. The van der Waals surface area contributed by atoms with Gasteiger partial charge in [-0.3, -0.25) is 0 Å². The third-order valence-corrected chi connectivity index (χ3v) is 2.40. The molecule has 0 saturated heterocycles. The lowest BCUT2D eigenvalue weighted by atomic mass is 10.3. The van der Waals surface area contributed by atoms with Gasteiger partial charge in [0.25, 0.3) is 0 Å². The molecule has 0 spiro atoms. The number of halogens is 2. The molecule has 82 valence electrons. The van der Waals surface area contributed by atoms with Crippen molar-refractivity contribution in [2.45, 2.75) is 20.3 Å². The molecule has 0 aliphatic carbocycles. The summed E-state index contributed by atoms with van der Waals surface area (Å²) in [6.07, 6.45) is 0.747. The Morgan fingerprint density at radius 1 is 1.47 bits per heavy atom. The van der Waals surface area contributed by atoms with Crippen molar-refractivity contribution < 1.29 is 0 Å². The highest BCUT2D eigenvalue weighted by molar-refractivity contribution is 6.30. The van der Waals surface area contributed by atoms with Crippen LogP contribution in [-0.4, -0.2) is 16.5 Å². The highest BCUT2D eigenvalue weighted by Crippen LogP contribution is 2.20. The predicted molar refractivity (Wildman–Crippen MR) is 64.6 cm³/mol. The zero-order chi connectivity index (χ0) is 11.4. The van der Waals surface area contributed by atoms with Gasteiger partial charge in [-0.2, -0.15) is 0 Å². The number of aryl methyl sites for hydroxylation is 1. The molecule has 1 heterocycles. The van der Waals surface area contributed by atoms with E-state index in [4.69, 9.17) is 23.2 Å². The SMILES string of the molecule is C=C(Cl)CNc1nc(CC)nc(Cl)c1C. The Hall–Kier alpha value is -0.800. The summed E-state index contributed by atoms with van der Waals surface area (Å²) in [5, 5.41) is 4.07. The van der Waals surface area contributed by atoms with Crippen molar-refractivity contribution in [3.8, 4) is 0 Å². The van der Waals surface area contributed by atoms with Gasteiger partial charge in [-0.1, -0.05) is 36.7 Å². The topological polar surface area (TPSA) is 37.8 Å². The molecule has 1 N–H and O–H groups in total. The molecule has 3 nitrogen and oxygen atoms in total. The first-order valence-corrected chi connectivity index (χ1v) is 5.40. The molecule has 0 aromatic carbocycles. The lowest BCUT2D eigenvalue weighted by Gasteiger charge is -2.09. The van der Waals surface area contributed by atoms with E-state index in [2.05, 4.69) is 21.9 Å². The molecule has 0 aliphatic rings. The fraction of sp³-hybridized carbons (Fsp3) is 0.400. The molecule has 0 amide bonds. The van der Waals surface area contributed by atoms with Gasteiger partial charge >= 0.3 is 0 Å². The van der Waals surface area contributed by atoms with E-state index in [1.165, 1.54) is 0 Å². The van der Waals surface area contributed by atoms with Crippen molar-refractivity contribution in [2.75, 3.05) is 11.9 Å². The van der Waals surface area contributed by atoms with Crippen LogP contribution in [0.2, 0.25) is 5.15 Å². The van der Waals surface area contributed by atoms with E-state index in [1.807, 2.05) is 13.8 Å². The second-order valence-corrected chi connectivity index (χ2v) is 4.02. The van der Waals surface area contributed by atoms with Crippen LogP contribution in [0.15, 0.2) is 11.6 Å². The number of hydrogen-bond acceptors (Lipinski definition) is 3. The normalized spacial score (nSPS) is 10.1. The number of rotatable bonds is 4. The summed E-state index contributed by atoms with van der Waals surface area (Å²) < 4.78 is 0. The van der Waals surface area contributed by atoms with Crippen molar-refractivity contribution in [2.24, 2.45) is 0 Å². The maximum absolute atomic E-state index is 5.97. The largest absolute Gasteiger partial charge is 0.365 e. The van der Waals surface area contributed by atoms with Crippen molar-refractivity contribution in [3.05, 3.63) is 28.2 Å².